The Labute approximate surface area is 184 Å². The Morgan fingerprint density at radius 3 is 2.23 bits per heavy atom. The number of ether oxygens (including phenoxy) is 1. The van der Waals surface area contributed by atoms with Crippen LogP contribution in [0.2, 0.25) is 0 Å². The standard InChI is InChI=1S/C17H31N7O4S.ClH/c1-13(2)16(18)17-19-14(3)20-24(17)12-15(25)21-4-6-22(7-5-21)29(26,27)23-8-10-28-11-9-23;/h13,16H,4-12,18H2,1-3H3;1H/t16-;/m0./s1. The summed E-state index contributed by atoms with van der Waals surface area (Å²) in [5, 5.41) is 4.32. The van der Waals surface area contributed by atoms with E-state index in [4.69, 9.17) is 10.5 Å². The number of nitrogens with zero attached hydrogens (tertiary/aromatic N) is 6. The highest BCUT2D eigenvalue weighted by molar-refractivity contribution is 7.86. The Hall–Kier alpha value is -1.31. The van der Waals surface area contributed by atoms with E-state index >= 15 is 0 Å². The fourth-order valence-electron chi connectivity index (χ4n) is 3.47. The molecule has 1 atom stereocenters. The number of carbonyl (C=O) groups is 1. The molecular weight excluding hydrogens is 434 g/mol. The molecule has 30 heavy (non-hydrogen) atoms. The molecule has 0 aliphatic carbocycles. The number of halogens is 1. The molecule has 0 aromatic carbocycles. The molecular formula is C17H32ClN7O4S. The molecule has 3 heterocycles. The second-order valence-electron chi connectivity index (χ2n) is 7.74. The average Bonchev–Trinajstić information content (AvgIpc) is 3.07. The summed E-state index contributed by atoms with van der Waals surface area (Å²) in [5.74, 6) is 1.22. The third-order valence-corrected chi connectivity index (χ3v) is 7.36. The van der Waals surface area contributed by atoms with Crippen LogP contribution < -0.4 is 5.73 Å². The van der Waals surface area contributed by atoms with Crippen molar-refractivity contribution in [2.75, 3.05) is 52.5 Å². The molecule has 0 radical (unpaired) electrons. The topological polar surface area (TPSA) is 127 Å². The number of aromatic nitrogens is 3. The first-order valence-electron chi connectivity index (χ1n) is 9.98. The minimum atomic E-state index is -3.51. The lowest BCUT2D eigenvalue weighted by Crippen LogP contribution is -2.56. The predicted molar refractivity (Wildman–Crippen MR) is 113 cm³/mol. The van der Waals surface area contributed by atoms with E-state index in [1.165, 1.54) is 8.61 Å². The molecule has 0 bridgehead atoms. The van der Waals surface area contributed by atoms with Crippen LogP contribution >= 0.6 is 12.4 Å². The van der Waals surface area contributed by atoms with Gasteiger partial charge in [-0.3, -0.25) is 4.79 Å². The summed E-state index contributed by atoms with van der Waals surface area (Å²) in [6.07, 6.45) is 0. The average molecular weight is 466 g/mol. The summed E-state index contributed by atoms with van der Waals surface area (Å²) in [5.41, 5.74) is 6.21. The van der Waals surface area contributed by atoms with Gasteiger partial charge >= 0.3 is 0 Å². The molecule has 0 saturated carbocycles. The van der Waals surface area contributed by atoms with Crippen LogP contribution in [0.25, 0.3) is 0 Å². The number of morpholine rings is 1. The number of carbonyl (C=O) groups excluding carboxylic acids is 1. The van der Waals surface area contributed by atoms with Crippen molar-refractivity contribution in [2.45, 2.75) is 33.4 Å². The number of nitrogens with two attached hydrogens (primary N) is 1. The van der Waals surface area contributed by atoms with Crippen LogP contribution in [0.3, 0.4) is 0 Å². The minimum Gasteiger partial charge on any atom is -0.379 e. The van der Waals surface area contributed by atoms with Crippen molar-refractivity contribution in [1.29, 1.82) is 0 Å². The second kappa shape index (κ2) is 10.3. The Morgan fingerprint density at radius 2 is 1.67 bits per heavy atom. The number of hydrogen-bond donors (Lipinski definition) is 1. The Balaban J connectivity index is 0.00000320. The molecule has 2 aliphatic heterocycles. The number of aryl methyl sites for hydroxylation is 1. The van der Waals surface area contributed by atoms with Gasteiger partial charge in [-0.25, -0.2) is 9.67 Å². The van der Waals surface area contributed by atoms with Crippen molar-refractivity contribution in [1.82, 2.24) is 28.3 Å². The van der Waals surface area contributed by atoms with Gasteiger partial charge in [0.05, 0.1) is 19.3 Å². The van der Waals surface area contributed by atoms with E-state index in [0.29, 0.717) is 51.0 Å². The molecule has 3 rings (SSSR count). The molecule has 2 fully saturated rings. The van der Waals surface area contributed by atoms with E-state index in [-0.39, 0.29) is 49.9 Å². The highest BCUT2D eigenvalue weighted by Crippen LogP contribution is 2.18. The zero-order chi connectivity index (χ0) is 21.2. The zero-order valence-electron chi connectivity index (χ0n) is 17.7. The fraction of sp³-hybridized carbons (Fsp3) is 0.824. The number of amides is 1. The van der Waals surface area contributed by atoms with Crippen LogP contribution in [-0.4, -0.2) is 95.1 Å². The molecule has 2 saturated heterocycles. The van der Waals surface area contributed by atoms with Gasteiger partial charge in [-0.05, 0) is 12.8 Å². The monoisotopic (exact) mass is 465 g/mol. The Morgan fingerprint density at radius 1 is 1.10 bits per heavy atom. The van der Waals surface area contributed by atoms with Crippen LogP contribution in [-0.2, 0) is 26.3 Å². The van der Waals surface area contributed by atoms with Crippen LogP contribution in [0, 0.1) is 12.8 Å². The third-order valence-electron chi connectivity index (χ3n) is 5.32. The zero-order valence-corrected chi connectivity index (χ0v) is 19.4. The van der Waals surface area contributed by atoms with E-state index in [1.54, 1.807) is 16.5 Å². The summed E-state index contributed by atoms with van der Waals surface area (Å²) in [7, 11) is -3.51. The molecule has 1 aromatic heterocycles. The minimum absolute atomic E-state index is 0. The van der Waals surface area contributed by atoms with Gasteiger partial charge in [0.15, 0.2) is 0 Å². The third kappa shape index (κ3) is 5.48. The van der Waals surface area contributed by atoms with E-state index in [1.807, 2.05) is 13.8 Å². The molecule has 0 unspecified atom stereocenters. The fourth-order valence-corrected chi connectivity index (χ4v) is 5.03. The summed E-state index contributed by atoms with van der Waals surface area (Å²) in [6, 6.07) is -0.306. The SMILES string of the molecule is Cc1nc([C@@H](N)C(C)C)n(CC(=O)N2CCN(S(=O)(=O)N3CCOCC3)CC2)n1.Cl. The molecule has 1 aromatic rings. The Bertz CT molecular complexity index is 818. The molecule has 1 amide bonds. The summed E-state index contributed by atoms with van der Waals surface area (Å²) in [6.45, 7) is 8.62. The maximum absolute atomic E-state index is 12.8. The molecule has 172 valence electrons. The van der Waals surface area contributed by atoms with Crippen LogP contribution in [0.4, 0.5) is 0 Å². The van der Waals surface area contributed by atoms with E-state index in [0.717, 1.165) is 0 Å². The van der Waals surface area contributed by atoms with E-state index in [9.17, 15) is 13.2 Å². The van der Waals surface area contributed by atoms with Crippen molar-refractivity contribution < 1.29 is 17.9 Å². The van der Waals surface area contributed by atoms with E-state index in [2.05, 4.69) is 10.1 Å². The van der Waals surface area contributed by atoms with Crippen molar-refractivity contribution in [3.05, 3.63) is 11.6 Å². The van der Waals surface area contributed by atoms with Gasteiger partial charge in [0.1, 0.15) is 18.2 Å². The number of piperazine rings is 1. The van der Waals surface area contributed by atoms with Crippen molar-refractivity contribution in [3.8, 4) is 0 Å². The quantitative estimate of drug-likeness (QED) is 0.593. The van der Waals surface area contributed by atoms with Gasteiger partial charge in [0.2, 0.25) is 5.91 Å². The largest absolute Gasteiger partial charge is 0.379 e. The highest BCUT2D eigenvalue weighted by Gasteiger charge is 2.34. The van der Waals surface area contributed by atoms with Gasteiger partial charge in [0.25, 0.3) is 10.2 Å². The highest BCUT2D eigenvalue weighted by atomic mass is 35.5. The van der Waals surface area contributed by atoms with Crippen molar-refractivity contribution >= 4 is 28.5 Å². The molecule has 2 aliphatic rings. The maximum atomic E-state index is 12.8. The first-order chi connectivity index (χ1) is 13.7. The summed E-state index contributed by atoms with van der Waals surface area (Å²) in [4.78, 5) is 18.8. The predicted octanol–water partition coefficient (Wildman–Crippen LogP) is -0.615. The van der Waals surface area contributed by atoms with Crippen molar-refractivity contribution in [3.63, 3.8) is 0 Å². The van der Waals surface area contributed by atoms with Crippen LogP contribution in [0.5, 0.6) is 0 Å². The van der Waals surface area contributed by atoms with Crippen LogP contribution in [0.15, 0.2) is 0 Å². The molecule has 2 N–H and O–H groups in total. The van der Waals surface area contributed by atoms with Crippen LogP contribution in [0.1, 0.15) is 31.5 Å². The Kier molecular flexibility index (Phi) is 8.60. The maximum Gasteiger partial charge on any atom is 0.282 e. The van der Waals surface area contributed by atoms with E-state index < -0.39 is 10.2 Å². The lowest BCUT2D eigenvalue weighted by Gasteiger charge is -2.37. The lowest BCUT2D eigenvalue weighted by molar-refractivity contribution is -0.133. The first kappa shape index (κ1) is 25.0. The summed E-state index contributed by atoms with van der Waals surface area (Å²) < 4.78 is 35.2. The first-order valence-corrected chi connectivity index (χ1v) is 11.4. The lowest BCUT2D eigenvalue weighted by atomic mass is 10.1. The van der Waals surface area contributed by atoms with Gasteiger partial charge in [-0.2, -0.15) is 22.1 Å². The molecule has 13 heteroatoms. The van der Waals surface area contributed by atoms with Gasteiger partial charge in [-0.15, -0.1) is 12.4 Å². The second-order valence-corrected chi connectivity index (χ2v) is 9.67. The van der Waals surface area contributed by atoms with Gasteiger partial charge < -0.3 is 15.4 Å². The summed E-state index contributed by atoms with van der Waals surface area (Å²) >= 11 is 0. The van der Waals surface area contributed by atoms with Gasteiger partial charge in [-0.1, -0.05) is 13.8 Å². The van der Waals surface area contributed by atoms with Gasteiger partial charge in [0, 0.05) is 39.3 Å². The van der Waals surface area contributed by atoms with Crippen molar-refractivity contribution in [2.24, 2.45) is 11.7 Å². The molecule has 0 spiro atoms. The number of hydrogen-bond acceptors (Lipinski definition) is 7. The smallest absolute Gasteiger partial charge is 0.282 e. The molecule has 11 nitrogen and oxygen atoms in total. The number of rotatable bonds is 6. The normalized spacial score (nSPS) is 20.2.